The zero-order chi connectivity index (χ0) is 18.8. The normalized spacial score (nSPS) is 15.7. The molecule has 1 N–H and O–H groups in total. The number of benzene rings is 2. The molecule has 0 spiro atoms. The van der Waals surface area contributed by atoms with Crippen LogP contribution in [0.15, 0.2) is 67.0 Å². The molecular weight excluding hydrogens is 400 g/mol. The summed E-state index contributed by atoms with van der Waals surface area (Å²) in [6.07, 6.45) is 6.95. The van der Waals surface area contributed by atoms with Gasteiger partial charge in [-0.3, -0.25) is 4.98 Å². The summed E-state index contributed by atoms with van der Waals surface area (Å²) in [6.45, 7) is 2.06. The number of hydrogen-bond acceptors (Lipinski definition) is 5. The van der Waals surface area contributed by atoms with E-state index in [1.165, 1.54) is 16.0 Å². The molecule has 0 amide bonds. The van der Waals surface area contributed by atoms with Crippen molar-refractivity contribution in [1.29, 1.82) is 0 Å². The Labute approximate surface area is 180 Å². The molecule has 2 aromatic heterocycles. The third kappa shape index (κ3) is 4.04. The molecule has 0 aliphatic carbocycles. The van der Waals surface area contributed by atoms with E-state index in [4.69, 9.17) is 5.10 Å². The molecule has 0 unspecified atom stereocenters. The van der Waals surface area contributed by atoms with Crippen molar-refractivity contribution in [3.63, 3.8) is 0 Å². The average Bonchev–Trinajstić information content (AvgIpc) is 3.26. The number of aromatic nitrogens is 3. The molecule has 3 heterocycles. The van der Waals surface area contributed by atoms with E-state index in [1.54, 1.807) is 11.3 Å². The second kappa shape index (κ2) is 8.57. The highest BCUT2D eigenvalue weighted by Crippen LogP contribution is 2.40. The monoisotopic (exact) mass is 422 g/mol. The number of halogens is 1. The summed E-state index contributed by atoms with van der Waals surface area (Å²) in [5, 5.41) is 17.3. The van der Waals surface area contributed by atoms with Crippen molar-refractivity contribution in [3.05, 3.63) is 77.6 Å². The van der Waals surface area contributed by atoms with E-state index < -0.39 is 0 Å². The Balaban J connectivity index is 0.00000205. The van der Waals surface area contributed by atoms with Gasteiger partial charge in [0.25, 0.3) is 0 Å². The summed E-state index contributed by atoms with van der Waals surface area (Å²) in [7, 11) is 0. The molecule has 0 saturated carbocycles. The highest BCUT2D eigenvalue weighted by atomic mass is 35.5. The fourth-order valence-corrected chi connectivity index (χ4v) is 5.21. The van der Waals surface area contributed by atoms with Crippen molar-refractivity contribution in [2.45, 2.75) is 24.7 Å². The molecule has 29 heavy (non-hydrogen) atoms. The smallest absolute Gasteiger partial charge is 0.147 e. The van der Waals surface area contributed by atoms with E-state index in [9.17, 15) is 0 Å². The van der Waals surface area contributed by atoms with Crippen molar-refractivity contribution in [2.24, 2.45) is 0 Å². The minimum absolute atomic E-state index is 0. The molecular formula is C23H23ClN4S. The Hall–Kier alpha value is -2.34. The fourth-order valence-electron chi connectivity index (χ4n) is 4.13. The predicted octanol–water partition coefficient (Wildman–Crippen LogP) is 5.04. The lowest BCUT2D eigenvalue weighted by atomic mass is 9.75. The van der Waals surface area contributed by atoms with Gasteiger partial charge in [0.1, 0.15) is 10.0 Å². The molecule has 1 aliphatic rings. The summed E-state index contributed by atoms with van der Waals surface area (Å²) >= 11 is 1.75. The lowest BCUT2D eigenvalue weighted by Gasteiger charge is -2.35. The van der Waals surface area contributed by atoms with Crippen molar-refractivity contribution in [3.8, 4) is 10.6 Å². The molecule has 0 atom stereocenters. The first kappa shape index (κ1) is 20.0. The number of pyridine rings is 1. The number of rotatable bonds is 4. The Kier molecular flexibility index (Phi) is 5.90. The largest absolute Gasteiger partial charge is 0.317 e. The number of hydrogen-bond donors (Lipinski definition) is 1. The minimum atomic E-state index is 0. The maximum absolute atomic E-state index is 4.69. The van der Waals surface area contributed by atoms with Crippen molar-refractivity contribution in [1.82, 2.24) is 20.5 Å². The number of piperidine rings is 1. The van der Waals surface area contributed by atoms with Crippen LogP contribution in [0.1, 0.15) is 23.4 Å². The highest BCUT2D eigenvalue weighted by Gasteiger charge is 2.37. The first-order chi connectivity index (χ1) is 13.8. The van der Waals surface area contributed by atoms with Crippen LogP contribution in [0.2, 0.25) is 0 Å². The second-order valence-corrected chi connectivity index (χ2v) is 8.52. The molecule has 2 aromatic carbocycles. The molecule has 0 bridgehead atoms. The Morgan fingerprint density at radius 2 is 1.76 bits per heavy atom. The van der Waals surface area contributed by atoms with Gasteiger partial charge >= 0.3 is 0 Å². The Bertz CT molecular complexity index is 1090. The van der Waals surface area contributed by atoms with Crippen LogP contribution in [0.4, 0.5) is 0 Å². The van der Waals surface area contributed by atoms with E-state index in [-0.39, 0.29) is 17.8 Å². The lowest BCUT2D eigenvalue weighted by Crippen LogP contribution is -2.41. The van der Waals surface area contributed by atoms with E-state index >= 15 is 0 Å². The summed E-state index contributed by atoms with van der Waals surface area (Å²) in [5.41, 5.74) is 2.58. The van der Waals surface area contributed by atoms with Gasteiger partial charge in [-0.05, 0) is 55.4 Å². The van der Waals surface area contributed by atoms with Gasteiger partial charge in [-0.1, -0.05) is 53.8 Å². The first-order valence-electron chi connectivity index (χ1n) is 9.75. The maximum Gasteiger partial charge on any atom is 0.147 e. The van der Waals surface area contributed by atoms with E-state index in [1.807, 2.05) is 18.5 Å². The predicted molar refractivity (Wildman–Crippen MR) is 122 cm³/mol. The van der Waals surface area contributed by atoms with Crippen LogP contribution in [-0.4, -0.2) is 28.3 Å². The van der Waals surface area contributed by atoms with Crippen LogP contribution in [0.25, 0.3) is 21.3 Å². The van der Waals surface area contributed by atoms with Gasteiger partial charge in [0.2, 0.25) is 0 Å². The molecule has 1 saturated heterocycles. The number of fused-ring (bicyclic) bond motifs is 1. The van der Waals surface area contributed by atoms with Gasteiger partial charge < -0.3 is 5.32 Å². The Morgan fingerprint density at radius 1 is 0.931 bits per heavy atom. The van der Waals surface area contributed by atoms with Gasteiger partial charge in [-0.2, -0.15) is 0 Å². The van der Waals surface area contributed by atoms with Crippen LogP contribution >= 0.6 is 23.7 Å². The number of nitrogens with one attached hydrogen (secondary N) is 1. The van der Waals surface area contributed by atoms with E-state index in [0.717, 1.165) is 48.3 Å². The summed E-state index contributed by atoms with van der Waals surface area (Å²) in [5.74, 6) is 0. The summed E-state index contributed by atoms with van der Waals surface area (Å²) in [4.78, 5) is 4.20. The third-order valence-corrected chi connectivity index (χ3v) is 6.93. The SMILES string of the molecule is Cl.c1ccc(CC2(c3nnc(-c4ccc5cnccc5c4)s3)CCNCC2)cc1. The van der Waals surface area contributed by atoms with Crippen molar-refractivity contribution >= 4 is 34.5 Å². The van der Waals surface area contributed by atoms with Gasteiger partial charge in [-0.15, -0.1) is 22.6 Å². The standard InChI is InChI=1S/C23H22N4S.ClH/c1-2-4-17(5-3-1)15-23(9-12-24-13-10-23)22-27-26-21(28-22)19-6-7-20-16-25-11-8-18(20)14-19;/h1-8,11,14,16,24H,9-10,12-13,15H2;1H. The zero-order valence-electron chi connectivity index (χ0n) is 16.0. The molecule has 4 nitrogen and oxygen atoms in total. The molecule has 148 valence electrons. The highest BCUT2D eigenvalue weighted by molar-refractivity contribution is 7.14. The third-order valence-electron chi connectivity index (χ3n) is 5.71. The van der Waals surface area contributed by atoms with Crippen LogP contribution in [-0.2, 0) is 11.8 Å². The van der Waals surface area contributed by atoms with Gasteiger partial charge in [-0.25, -0.2) is 0 Å². The molecule has 0 radical (unpaired) electrons. The lowest BCUT2D eigenvalue weighted by molar-refractivity contribution is 0.302. The van der Waals surface area contributed by atoms with Crippen LogP contribution in [0.5, 0.6) is 0 Å². The molecule has 4 aromatic rings. The van der Waals surface area contributed by atoms with Gasteiger partial charge in [0.15, 0.2) is 0 Å². The maximum atomic E-state index is 4.69. The minimum Gasteiger partial charge on any atom is -0.317 e. The van der Waals surface area contributed by atoms with Crippen molar-refractivity contribution in [2.75, 3.05) is 13.1 Å². The molecule has 6 heteroatoms. The second-order valence-electron chi connectivity index (χ2n) is 7.54. The quantitative estimate of drug-likeness (QED) is 0.500. The zero-order valence-corrected chi connectivity index (χ0v) is 17.7. The summed E-state index contributed by atoms with van der Waals surface area (Å²) in [6, 6.07) is 19.3. The topological polar surface area (TPSA) is 50.7 Å². The molecule has 1 fully saturated rings. The van der Waals surface area contributed by atoms with Crippen LogP contribution < -0.4 is 5.32 Å². The van der Waals surface area contributed by atoms with Crippen LogP contribution in [0.3, 0.4) is 0 Å². The van der Waals surface area contributed by atoms with E-state index in [2.05, 4.69) is 63.9 Å². The van der Waals surface area contributed by atoms with Gasteiger partial charge in [0.05, 0.1) is 0 Å². The fraction of sp³-hybridized carbons (Fsp3) is 0.261. The van der Waals surface area contributed by atoms with Gasteiger partial charge in [0, 0.05) is 28.8 Å². The summed E-state index contributed by atoms with van der Waals surface area (Å²) < 4.78 is 0. The first-order valence-corrected chi connectivity index (χ1v) is 10.6. The van der Waals surface area contributed by atoms with E-state index in [0.29, 0.717) is 0 Å². The molecule has 1 aliphatic heterocycles. The number of nitrogens with zero attached hydrogens (tertiary/aromatic N) is 3. The average molecular weight is 423 g/mol. The molecule has 5 rings (SSSR count). The van der Waals surface area contributed by atoms with Crippen molar-refractivity contribution < 1.29 is 0 Å². The van der Waals surface area contributed by atoms with Crippen LogP contribution in [0, 0.1) is 0 Å². The Morgan fingerprint density at radius 3 is 2.59 bits per heavy atom.